The van der Waals surface area contributed by atoms with Gasteiger partial charge >= 0.3 is 0 Å². The van der Waals surface area contributed by atoms with E-state index in [-0.39, 0.29) is 5.91 Å². The van der Waals surface area contributed by atoms with Crippen LogP contribution in [0.3, 0.4) is 0 Å². The summed E-state index contributed by atoms with van der Waals surface area (Å²) in [4.78, 5) is 17.8. The maximum Gasteiger partial charge on any atom is 0.261 e. The van der Waals surface area contributed by atoms with E-state index in [9.17, 15) is 4.79 Å². The lowest BCUT2D eigenvalue weighted by Gasteiger charge is -2.31. The number of amidine groups is 1. The van der Waals surface area contributed by atoms with E-state index in [4.69, 9.17) is 4.74 Å². The summed E-state index contributed by atoms with van der Waals surface area (Å²) in [6, 6.07) is -0.662. The number of rotatable bonds is 0. The zero-order valence-corrected chi connectivity index (χ0v) is 8.46. The predicted octanol–water partition coefficient (Wildman–Crippen LogP) is -1.05. The lowest BCUT2D eigenvalue weighted by atomic mass is 10.2. The predicted molar refractivity (Wildman–Crippen MR) is 54.0 cm³/mol. The van der Waals surface area contributed by atoms with E-state index in [1.165, 1.54) is 0 Å². The Morgan fingerprint density at radius 3 is 3.00 bits per heavy atom. The van der Waals surface area contributed by atoms with Crippen molar-refractivity contribution in [3.63, 3.8) is 0 Å². The molecule has 0 aromatic carbocycles. The zero-order chi connectivity index (χ0) is 11.0. The second-order valence-corrected chi connectivity index (χ2v) is 3.59. The summed E-state index contributed by atoms with van der Waals surface area (Å²) in [6.07, 6.45) is 0. The summed E-state index contributed by atoms with van der Waals surface area (Å²) in [6.45, 7) is 2.70. The first-order valence-corrected chi connectivity index (χ1v) is 5.04. The molecule has 84 valence electrons. The van der Waals surface area contributed by atoms with E-state index in [2.05, 4.69) is 25.7 Å². The van der Waals surface area contributed by atoms with E-state index in [1.54, 1.807) is 0 Å². The summed E-state index contributed by atoms with van der Waals surface area (Å²) in [7, 11) is 0. The highest BCUT2D eigenvalue weighted by atomic mass is 16.5. The van der Waals surface area contributed by atoms with Crippen LogP contribution in [-0.4, -0.2) is 54.9 Å². The van der Waals surface area contributed by atoms with Crippen molar-refractivity contribution < 1.29 is 9.53 Å². The molecule has 1 N–H and O–H groups in total. The smallest absolute Gasteiger partial charge is 0.261 e. The molecule has 1 fully saturated rings. The van der Waals surface area contributed by atoms with Crippen molar-refractivity contribution in [3.8, 4) is 0 Å². The topological polar surface area (TPSA) is 91.0 Å². The molecule has 3 heterocycles. The Hall–Kier alpha value is -1.83. The molecule has 0 bridgehead atoms. The Labute approximate surface area is 91.1 Å². The zero-order valence-electron chi connectivity index (χ0n) is 8.46. The molecule has 3 aliphatic heterocycles. The lowest BCUT2D eigenvalue weighted by molar-refractivity contribution is -0.119. The van der Waals surface area contributed by atoms with Crippen LogP contribution in [0.5, 0.6) is 0 Å². The maximum atomic E-state index is 11.6. The fourth-order valence-corrected chi connectivity index (χ4v) is 1.72. The van der Waals surface area contributed by atoms with E-state index in [0.29, 0.717) is 38.1 Å². The van der Waals surface area contributed by atoms with Crippen molar-refractivity contribution in [2.24, 2.45) is 20.4 Å². The van der Waals surface area contributed by atoms with Crippen molar-refractivity contribution in [2.45, 2.75) is 6.04 Å². The van der Waals surface area contributed by atoms with Gasteiger partial charge in [-0.05, 0) is 5.22 Å². The van der Waals surface area contributed by atoms with Crippen molar-refractivity contribution in [1.29, 1.82) is 0 Å². The number of carbonyl (C=O) groups is 1. The quantitative estimate of drug-likeness (QED) is 0.567. The van der Waals surface area contributed by atoms with Crippen LogP contribution < -0.4 is 5.32 Å². The van der Waals surface area contributed by atoms with E-state index >= 15 is 0 Å². The molecule has 0 aromatic heterocycles. The van der Waals surface area contributed by atoms with Crippen molar-refractivity contribution in [1.82, 2.24) is 10.2 Å². The van der Waals surface area contributed by atoms with Crippen LogP contribution >= 0.6 is 0 Å². The van der Waals surface area contributed by atoms with Crippen molar-refractivity contribution >= 4 is 17.7 Å². The molecule has 8 heteroatoms. The normalized spacial score (nSPS) is 28.4. The van der Waals surface area contributed by atoms with Gasteiger partial charge in [0.15, 0.2) is 5.84 Å². The van der Waals surface area contributed by atoms with Gasteiger partial charge in [0.25, 0.3) is 5.91 Å². The molecule has 3 aliphatic rings. The Kier molecular flexibility index (Phi) is 2.13. The average molecular weight is 222 g/mol. The number of hydrogen-bond acceptors (Lipinski definition) is 7. The molecule has 0 spiro atoms. The minimum atomic E-state index is -0.662. The number of hydrogen-bond donors (Lipinski definition) is 1. The molecular formula is C8H10N6O2. The van der Waals surface area contributed by atoms with Gasteiger partial charge < -0.3 is 9.64 Å². The average Bonchev–Trinajstić information content (AvgIpc) is 2.79. The monoisotopic (exact) mass is 222 g/mol. The Bertz CT molecular complexity index is 409. The van der Waals surface area contributed by atoms with Crippen LogP contribution in [0, 0.1) is 0 Å². The van der Waals surface area contributed by atoms with Crippen LogP contribution in [0.1, 0.15) is 0 Å². The number of aliphatic imine (C=N–C) groups is 1. The largest absolute Gasteiger partial charge is 0.378 e. The van der Waals surface area contributed by atoms with Gasteiger partial charge in [-0.1, -0.05) is 0 Å². The number of carbonyl (C=O) groups excluding carboxylic acids is 1. The molecule has 3 rings (SSSR count). The van der Waals surface area contributed by atoms with Gasteiger partial charge in [0, 0.05) is 13.1 Å². The molecular weight excluding hydrogens is 212 g/mol. The van der Waals surface area contributed by atoms with Crippen LogP contribution in [0.4, 0.5) is 0 Å². The molecule has 8 nitrogen and oxygen atoms in total. The van der Waals surface area contributed by atoms with Gasteiger partial charge in [-0.25, -0.2) is 0 Å². The van der Waals surface area contributed by atoms with Crippen molar-refractivity contribution in [2.75, 3.05) is 26.3 Å². The Balaban J connectivity index is 1.83. The molecule has 0 aromatic rings. The molecule has 1 atom stereocenters. The first-order chi connectivity index (χ1) is 7.84. The summed E-state index contributed by atoms with van der Waals surface area (Å²) in [5.74, 6) is 0.664. The minimum Gasteiger partial charge on any atom is -0.378 e. The third-order valence-electron chi connectivity index (χ3n) is 2.57. The third kappa shape index (κ3) is 1.47. The molecule has 1 saturated heterocycles. The highest BCUT2D eigenvalue weighted by molar-refractivity contribution is 6.20. The molecule has 0 radical (unpaired) electrons. The molecule has 0 saturated carbocycles. The fraction of sp³-hybridized carbons (Fsp3) is 0.625. The van der Waals surface area contributed by atoms with Gasteiger partial charge in [0.05, 0.1) is 13.2 Å². The molecule has 1 unspecified atom stereocenters. The van der Waals surface area contributed by atoms with Gasteiger partial charge in [-0.15, -0.1) is 10.2 Å². The first kappa shape index (κ1) is 9.40. The maximum absolute atomic E-state index is 11.6. The minimum absolute atomic E-state index is 0.225. The van der Waals surface area contributed by atoms with E-state index in [1.807, 2.05) is 4.90 Å². The van der Waals surface area contributed by atoms with E-state index in [0.717, 1.165) is 0 Å². The summed E-state index contributed by atoms with van der Waals surface area (Å²) in [5.41, 5.74) is 0. The second-order valence-electron chi connectivity index (χ2n) is 3.59. The molecule has 1 amide bonds. The Morgan fingerprint density at radius 1 is 1.38 bits per heavy atom. The summed E-state index contributed by atoms with van der Waals surface area (Å²) >= 11 is 0. The first-order valence-electron chi connectivity index (χ1n) is 5.04. The molecule has 16 heavy (non-hydrogen) atoms. The number of amides is 1. The number of ether oxygens (including phenoxy) is 1. The van der Waals surface area contributed by atoms with Gasteiger partial charge in [-0.2, -0.15) is 4.99 Å². The SMILES string of the molecule is O=C1NC(N2CCOCC2)=NC2=NN=NC12. The fourth-order valence-electron chi connectivity index (χ4n) is 1.72. The summed E-state index contributed by atoms with van der Waals surface area (Å²) < 4.78 is 5.23. The summed E-state index contributed by atoms with van der Waals surface area (Å²) in [5, 5.41) is 13.6. The highest BCUT2D eigenvalue weighted by Gasteiger charge is 2.35. The van der Waals surface area contributed by atoms with Crippen LogP contribution in [0.25, 0.3) is 0 Å². The highest BCUT2D eigenvalue weighted by Crippen LogP contribution is 2.12. The van der Waals surface area contributed by atoms with Gasteiger partial charge in [-0.3, -0.25) is 10.1 Å². The van der Waals surface area contributed by atoms with Gasteiger partial charge in [0.1, 0.15) is 0 Å². The molecule has 0 aliphatic carbocycles. The van der Waals surface area contributed by atoms with Crippen molar-refractivity contribution in [3.05, 3.63) is 0 Å². The lowest BCUT2D eigenvalue weighted by Crippen LogP contribution is -2.55. The number of nitrogens with zero attached hydrogens (tertiary/aromatic N) is 5. The van der Waals surface area contributed by atoms with Gasteiger partial charge in [0.2, 0.25) is 12.0 Å². The number of guanidine groups is 1. The number of nitrogens with one attached hydrogen (secondary N) is 1. The van der Waals surface area contributed by atoms with Crippen LogP contribution in [0.2, 0.25) is 0 Å². The Morgan fingerprint density at radius 2 is 2.19 bits per heavy atom. The van der Waals surface area contributed by atoms with E-state index < -0.39 is 6.04 Å². The number of morpholine rings is 1. The third-order valence-corrected chi connectivity index (χ3v) is 2.57. The second kappa shape index (κ2) is 3.63. The standard InChI is InChI=1S/C8H10N6O2/c15-7-5-6(12-13-11-5)9-8(10-7)14-1-3-16-4-2-14/h5H,1-4H2,(H,9,10,11,12,15). The van der Waals surface area contributed by atoms with Crippen LogP contribution in [-0.2, 0) is 9.53 Å². The number of fused-ring (bicyclic) bond motifs is 1. The van der Waals surface area contributed by atoms with Crippen LogP contribution in [0.15, 0.2) is 20.4 Å².